The Hall–Kier alpha value is -2.55. The summed E-state index contributed by atoms with van der Waals surface area (Å²) < 4.78 is 4.45. The van der Waals surface area contributed by atoms with Gasteiger partial charge in [-0.2, -0.15) is 0 Å². The van der Waals surface area contributed by atoms with Crippen molar-refractivity contribution in [3.05, 3.63) is 55.7 Å². The Bertz CT molecular complexity index is 1080. The first-order valence-corrected chi connectivity index (χ1v) is 9.02. The van der Waals surface area contributed by atoms with E-state index in [1.165, 1.54) is 20.6 Å². The predicted octanol–water partition coefficient (Wildman–Crippen LogP) is 1.56. The van der Waals surface area contributed by atoms with Gasteiger partial charge in [0.05, 0.1) is 18.8 Å². The third-order valence-electron chi connectivity index (χ3n) is 3.94. The van der Waals surface area contributed by atoms with E-state index in [2.05, 4.69) is 25.9 Å². The number of pyridine rings is 1. The van der Waals surface area contributed by atoms with Gasteiger partial charge in [0.15, 0.2) is 15.9 Å². The molecule has 0 aliphatic rings. The number of hydrogen-bond acceptors (Lipinski definition) is 5. The van der Waals surface area contributed by atoms with Crippen LogP contribution in [0.1, 0.15) is 26.0 Å². The van der Waals surface area contributed by atoms with Crippen molar-refractivity contribution in [2.45, 2.75) is 39.9 Å². The number of aromatic nitrogens is 5. The first-order chi connectivity index (χ1) is 12.4. The standard InChI is InChI=1S/C17H18BrN5O3/c1-3-8-21-15(25)13-14(20-16(18)22(13)9-11(2)24)23(17(21)26)10-12-6-4-5-7-19-12/h4-7H,3,8-10H2,1-2H3. The van der Waals surface area contributed by atoms with E-state index >= 15 is 0 Å². The Morgan fingerprint density at radius 1 is 1.19 bits per heavy atom. The van der Waals surface area contributed by atoms with Crippen LogP contribution in [0.4, 0.5) is 0 Å². The highest BCUT2D eigenvalue weighted by molar-refractivity contribution is 9.10. The zero-order valence-corrected chi connectivity index (χ0v) is 16.1. The SMILES string of the molecule is CCCn1c(=O)c2c(nc(Br)n2CC(C)=O)n(Cc2ccccn2)c1=O. The number of rotatable bonds is 6. The number of carbonyl (C=O) groups is 1. The molecular formula is C17H18BrN5O3. The number of ketones is 1. The average Bonchev–Trinajstić information content (AvgIpc) is 2.92. The molecule has 8 nitrogen and oxygen atoms in total. The summed E-state index contributed by atoms with van der Waals surface area (Å²) in [5.74, 6) is -0.117. The maximum atomic E-state index is 12.9. The molecule has 0 fully saturated rings. The lowest BCUT2D eigenvalue weighted by Gasteiger charge is -2.11. The molecule has 0 saturated heterocycles. The van der Waals surface area contributed by atoms with Gasteiger partial charge >= 0.3 is 5.69 Å². The number of nitrogens with zero attached hydrogens (tertiary/aromatic N) is 5. The van der Waals surface area contributed by atoms with Crippen LogP contribution >= 0.6 is 15.9 Å². The molecule has 0 amide bonds. The molecule has 0 aliphatic heterocycles. The van der Waals surface area contributed by atoms with Gasteiger partial charge in [-0.05, 0) is 41.4 Å². The maximum Gasteiger partial charge on any atom is 0.333 e. The first-order valence-electron chi connectivity index (χ1n) is 8.22. The molecule has 26 heavy (non-hydrogen) atoms. The monoisotopic (exact) mass is 419 g/mol. The van der Waals surface area contributed by atoms with Crippen molar-refractivity contribution >= 4 is 32.9 Å². The average molecular weight is 420 g/mol. The minimum atomic E-state index is -0.441. The molecule has 0 spiro atoms. The Morgan fingerprint density at radius 3 is 2.58 bits per heavy atom. The van der Waals surface area contributed by atoms with Crippen molar-refractivity contribution in [3.8, 4) is 0 Å². The highest BCUT2D eigenvalue weighted by Crippen LogP contribution is 2.17. The summed E-state index contributed by atoms with van der Waals surface area (Å²) >= 11 is 3.30. The molecule has 136 valence electrons. The Balaban J connectivity index is 2.34. The highest BCUT2D eigenvalue weighted by atomic mass is 79.9. The van der Waals surface area contributed by atoms with Gasteiger partial charge in [-0.25, -0.2) is 9.78 Å². The smallest absolute Gasteiger partial charge is 0.305 e. The van der Waals surface area contributed by atoms with Gasteiger partial charge in [0.25, 0.3) is 5.56 Å². The summed E-state index contributed by atoms with van der Waals surface area (Å²) in [4.78, 5) is 46.0. The van der Waals surface area contributed by atoms with Crippen LogP contribution in [0.15, 0.2) is 38.7 Å². The molecule has 3 heterocycles. The summed E-state index contributed by atoms with van der Waals surface area (Å²) in [5.41, 5.74) is 0.274. The molecule has 0 N–H and O–H groups in total. The van der Waals surface area contributed by atoms with Crippen LogP contribution in [0.25, 0.3) is 11.2 Å². The summed E-state index contributed by atoms with van der Waals surface area (Å²) in [6.07, 6.45) is 2.27. The summed E-state index contributed by atoms with van der Waals surface area (Å²) in [6.45, 7) is 3.80. The van der Waals surface area contributed by atoms with E-state index in [1.807, 2.05) is 13.0 Å². The van der Waals surface area contributed by atoms with E-state index in [-0.39, 0.29) is 30.0 Å². The predicted molar refractivity (Wildman–Crippen MR) is 100 cm³/mol. The summed E-state index contributed by atoms with van der Waals surface area (Å²) in [5, 5.41) is 0. The molecule has 0 saturated carbocycles. The molecule has 0 atom stereocenters. The van der Waals surface area contributed by atoms with E-state index in [0.717, 1.165) is 0 Å². The Labute approximate surface area is 157 Å². The third-order valence-corrected chi connectivity index (χ3v) is 4.55. The maximum absolute atomic E-state index is 12.9. The van der Waals surface area contributed by atoms with E-state index in [0.29, 0.717) is 23.4 Å². The number of fused-ring (bicyclic) bond motifs is 1. The summed E-state index contributed by atoms with van der Waals surface area (Å²) in [6, 6.07) is 5.42. The fourth-order valence-corrected chi connectivity index (χ4v) is 3.32. The zero-order chi connectivity index (χ0) is 18.8. The van der Waals surface area contributed by atoms with Crippen molar-refractivity contribution in [2.24, 2.45) is 0 Å². The van der Waals surface area contributed by atoms with Gasteiger partial charge in [0, 0.05) is 12.7 Å². The number of carbonyl (C=O) groups excluding carboxylic acids is 1. The van der Waals surface area contributed by atoms with Crippen LogP contribution in [0.2, 0.25) is 0 Å². The van der Waals surface area contributed by atoms with Crippen LogP contribution in [-0.2, 0) is 24.4 Å². The van der Waals surface area contributed by atoms with Crippen LogP contribution in [0, 0.1) is 0 Å². The number of hydrogen-bond donors (Lipinski definition) is 0. The number of halogens is 1. The topological polar surface area (TPSA) is 91.8 Å². The molecule has 0 aliphatic carbocycles. The number of imidazole rings is 1. The fourth-order valence-electron chi connectivity index (χ4n) is 2.85. The minimum absolute atomic E-state index is 0.000237. The molecule has 3 aromatic rings. The van der Waals surface area contributed by atoms with E-state index in [1.54, 1.807) is 18.3 Å². The van der Waals surface area contributed by atoms with Gasteiger partial charge in [-0.3, -0.25) is 23.7 Å². The van der Waals surface area contributed by atoms with Gasteiger partial charge in [-0.1, -0.05) is 13.0 Å². The molecule has 9 heteroatoms. The molecule has 0 radical (unpaired) electrons. The lowest BCUT2D eigenvalue weighted by molar-refractivity contribution is -0.117. The Morgan fingerprint density at radius 2 is 1.96 bits per heavy atom. The van der Waals surface area contributed by atoms with Crippen LogP contribution in [-0.4, -0.2) is 29.5 Å². The lowest BCUT2D eigenvalue weighted by atomic mass is 10.3. The zero-order valence-electron chi connectivity index (χ0n) is 14.5. The van der Waals surface area contributed by atoms with Crippen molar-refractivity contribution in [3.63, 3.8) is 0 Å². The quantitative estimate of drug-likeness (QED) is 0.565. The second-order valence-electron chi connectivity index (χ2n) is 5.99. The molecule has 3 aromatic heterocycles. The van der Waals surface area contributed by atoms with Crippen molar-refractivity contribution < 1.29 is 4.79 Å². The molecule has 0 unspecified atom stereocenters. The van der Waals surface area contributed by atoms with E-state index < -0.39 is 11.2 Å². The molecule has 0 bridgehead atoms. The van der Waals surface area contributed by atoms with Crippen LogP contribution < -0.4 is 11.2 Å². The van der Waals surface area contributed by atoms with Crippen LogP contribution in [0.5, 0.6) is 0 Å². The van der Waals surface area contributed by atoms with Gasteiger partial charge in [0.2, 0.25) is 0 Å². The van der Waals surface area contributed by atoms with Crippen LogP contribution in [0.3, 0.4) is 0 Å². The summed E-state index contributed by atoms with van der Waals surface area (Å²) in [7, 11) is 0. The fraction of sp³-hybridized carbons (Fsp3) is 0.353. The highest BCUT2D eigenvalue weighted by Gasteiger charge is 2.21. The number of Topliss-reactive ketones (excluding diaryl/α,β-unsaturated/α-hetero) is 1. The second kappa shape index (κ2) is 7.36. The molecule has 3 rings (SSSR count). The molecule has 0 aromatic carbocycles. The largest absolute Gasteiger partial charge is 0.333 e. The Kier molecular flexibility index (Phi) is 5.17. The first kappa shape index (κ1) is 18.2. The van der Waals surface area contributed by atoms with Crippen molar-refractivity contribution in [2.75, 3.05) is 0 Å². The third kappa shape index (κ3) is 3.26. The van der Waals surface area contributed by atoms with E-state index in [9.17, 15) is 14.4 Å². The van der Waals surface area contributed by atoms with E-state index in [4.69, 9.17) is 0 Å². The lowest BCUT2D eigenvalue weighted by Crippen LogP contribution is -2.41. The minimum Gasteiger partial charge on any atom is -0.305 e. The normalized spacial score (nSPS) is 11.2. The second-order valence-corrected chi connectivity index (χ2v) is 6.70. The van der Waals surface area contributed by atoms with Gasteiger partial charge in [0.1, 0.15) is 5.78 Å². The van der Waals surface area contributed by atoms with Gasteiger partial charge < -0.3 is 4.57 Å². The van der Waals surface area contributed by atoms with Crippen molar-refractivity contribution in [1.82, 2.24) is 23.7 Å². The van der Waals surface area contributed by atoms with Gasteiger partial charge in [-0.15, -0.1) is 0 Å². The molecular weight excluding hydrogens is 402 g/mol. The van der Waals surface area contributed by atoms with Crippen molar-refractivity contribution in [1.29, 1.82) is 0 Å².